The number of nitriles is 1. The van der Waals surface area contributed by atoms with Gasteiger partial charge in [0.1, 0.15) is 11.5 Å². The maximum Gasteiger partial charge on any atom is 0.127 e. The molecule has 0 saturated heterocycles. The minimum Gasteiger partial charge on any atom is -0.457 e. The Hall–Kier alpha value is -2.31. The Bertz CT molecular complexity index is 612. The second-order valence-corrected chi connectivity index (χ2v) is 4.58. The number of ether oxygens (including phenoxy) is 2. The Labute approximate surface area is 119 Å². The Morgan fingerprint density at radius 3 is 2.35 bits per heavy atom. The summed E-state index contributed by atoms with van der Waals surface area (Å²) < 4.78 is 10.8. The summed E-state index contributed by atoms with van der Waals surface area (Å²) >= 11 is 0. The lowest BCUT2D eigenvalue weighted by atomic mass is 10.1. The number of aryl methyl sites for hydroxylation is 1. The van der Waals surface area contributed by atoms with E-state index in [1.54, 1.807) is 13.2 Å². The molecule has 3 nitrogen and oxygen atoms in total. The molecule has 0 aromatic heterocycles. The molecule has 3 heteroatoms. The predicted molar refractivity (Wildman–Crippen MR) is 78.0 cm³/mol. The third-order valence-corrected chi connectivity index (χ3v) is 3.07. The molecule has 0 N–H and O–H groups in total. The van der Waals surface area contributed by atoms with Gasteiger partial charge in [0.25, 0.3) is 0 Å². The smallest absolute Gasteiger partial charge is 0.127 e. The summed E-state index contributed by atoms with van der Waals surface area (Å²) in [4.78, 5) is 0. The second kappa shape index (κ2) is 6.74. The van der Waals surface area contributed by atoms with Crippen LogP contribution in [0.1, 0.15) is 16.7 Å². The molecule has 102 valence electrons. The first-order chi connectivity index (χ1) is 9.72. The Morgan fingerprint density at radius 1 is 1.05 bits per heavy atom. The fraction of sp³-hybridized carbons (Fsp3) is 0.235. The van der Waals surface area contributed by atoms with Crippen molar-refractivity contribution >= 4 is 0 Å². The van der Waals surface area contributed by atoms with E-state index in [1.165, 1.54) is 5.56 Å². The molecule has 0 fully saturated rings. The van der Waals surface area contributed by atoms with E-state index in [4.69, 9.17) is 14.7 Å². The van der Waals surface area contributed by atoms with Crippen LogP contribution in [0.5, 0.6) is 11.5 Å². The topological polar surface area (TPSA) is 42.2 Å². The minimum atomic E-state index is 0.673. The lowest BCUT2D eigenvalue weighted by molar-refractivity contribution is 0.202. The molecule has 2 aromatic carbocycles. The summed E-state index contributed by atoms with van der Waals surface area (Å²) in [7, 11) is 1.70. The summed E-state index contributed by atoms with van der Waals surface area (Å²) in [5, 5.41) is 8.90. The van der Waals surface area contributed by atoms with Crippen LogP contribution < -0.4 is 4.74 Å². The summed E-state index contributed by atoms with van der Waals surface area (Å²) in [6.07, 6.45) is 0.896. The Kier molecular flexibility index (Phi) is 4.75. The van der Waals surface area contributed by atoms with E-state index in [0.29, 0.717) is 5.56 Å². The van der Waals surface area contributed by atoms with Crippen LogP contribution in [0.15, 0.2) is 42.5 Å². The zero-order valence-electron chi connectivity index (χ0n) is 11.7. The molecule has 0 aliphatic heterocycles. The van der Waals surface area contributed by atoms with Gasteiger partial charge in [0.15, 0.2) is 0 Å². The van der Waals surface area contributed by atoms with Gasteiger partial charge in [0.05, 0.1) is 18.2 Å². The van der Waals surface area contributed by atoms with Crippen molar-refractivity contribution in [1.29, 1.82) is 5.26 Å². The zero-order chi connectivity index (χ0) is 14.4. The molecule has 0 bridgehead atoms. The monoisotopic (exact) mass is 267 g/mol. The van der Waals surface area contributed by atoms with Crippen LogP contribution in [0.3, 0.4) is 0 Å². The number of nitrogens with zero attached hydrogens (tertiary/aromatic N) is 1. The van der Waals surface area contributed by atoms with Gasteiger partial charge < -0.3 is 9.47 Å². The number of rotatable bonds is 5. The van der Waals surface area contributed by atoms with E-state index in [2.05, 4.69) is 6.07 Å². The van der Waals surface area contributed by atoms with Gasteiger partial charge in [-0.25, -0.2) is 0 Å². The van der Waals surface area contributed by atoms with Gasteiger partial charge in [-0.3, -0.25) is 0 Å². The lowest BCUT2D eigenvalue weighted by Gasteiger charge is -2.08. The van der Waals surface area contributed by atoms with Crippen LogP contribution in [0.4, 0.5) is 0 Å². The van der Waals surface area contributed by atoms with Crippen LogP contribution in [0.2, 0.25) is 0 Å². The van der Waals surface area contributed by atoms with Crippen molar-refractivity contribution in [3.63, 3.8) is 0 Å². The third kappa shape index (κ3) is 3.59. The van der Waals surface area contributed by atoms with Crippen LogP contribution >= 0.6 is 0 Å². The molecule has 0 atom stereocenters. The SMILES string of the molecule is COCCc1ccc(Oc2ccc(C#N)c(C)c2)cc1. The van der Waals surface area contributed by atoms with Crippen LogP contribution in [-0.2, 0) is 11.2 Å². The fourth-order valence-corrected chi connectivity index (χ4v) is 1.91. The van der Waals surface area contributed by atoms with Crippen molar-refractivity contribution in [2.45, 2.75) is 13.3 Å². The van der Waals surface area contributed by atoms with Crippen LogP contribution in [0, 0.1) is 18.3 Å². The molecular weight excluding hydrogens is 250 g/mol. The fourth-order valence-electron chi connectivity index (χ4n) is 1.91. The van der Waals surface area contributed by atoms with Crippen molar-refractivity contribution in [2.75, 3.05) is 13.7 Å². The van der Waals surface area contributed by atoms with Crippen LogP contribution in [-0.4, -0.2) is 13.7 Å². The maximum atomic E-state index is 8.90. The van der Waals surface area contributed by atoms with E-state index < -0.39 is 0 Å². The number of methoxy groups -OCH3 is 1. The highest BCUT2D eigenvalue weighted by Gasteiger charge is 2.02. The van der Waals surface area contributed by atoms with Gasteiger partial charge in [0, 0.05) is 7.11 Å². The maximum absolute atomic E-state index is 8.90. The van der Waals surface area contributed by atoms with Crippen molar-refractivity contribution in [3.05, 3.63) is 59.2 Å². The summed E-state index contributed by atoms with van der Waals surface area (Å²) in [6, 6.07) is 15.6. The summed E-state index contributed by atoms with van der Waals surface area (Å²) in [5.41, 5.74) is 2.81. The number of hydrogen-bond donors (Lipinski definition) is 0. The molecule has 0 aliphatic carbocycles. The molecule has 0 unspecified atom stereocenters. The molecular formula is C17H17NO2. The van der Waals surface area contributed by atoms with Gasteiger partial charge >= 0.3 is 0 Å². The first-order valence-electron chi connectivity index (χ1n) is 6.49. The predicted octanol–water partition coefficient (Wildman–Crippen LogP) is 3.85. The standard InChI is InChI=1S/C17H17NO2/c1-13-11-17(8-5-15(13)12-18)20-16-6-3-14(4-7-16)9-10-19-2/h3-8,11H,9-10H2,1-2H3. The van der Waals surface area contributed by atoms with Crippen molar-refractivity contribution < 1.29 is 9.47 Å². The van der Waals surface area contributed by atoms with E-state index in [9.17, 15) is 0 Å². The van der Waals surface area contributed by atoms with Crippen LogP contribution in [0.25, 0.3) is 0 Å². The zero-order valence-corrected chi connectivity index (χ0v) is 11.7. The van der Waals surface area contributed by atoms with Crippen molar-refractivity contribution in [2.24, 2.45) is 0 Å². The van der Waals surface area contributed by atoms with Gasteiger partial charge in [-0.2, -0.15) is 5.26 Å². The van der Waals surface area contributed by atoms with Crippen molar-refractivity contribution in [3.8, 4) is 17.6 Å². The molecule has 2 rings (SSSR count). The minimum absolute atomic E-state index is 0.673. The quantitative estimate of drug-likeness (QED) is 0.826. The highest BCUT2D eigenvalue weighted by Crippen LogP contribution is 2.24. The summed E-state index contributed by atoms with van der Waals surface area (Å²) in [5.74, 6) is 1.53. The molecule has 0 heterocycles. The van der Waals surface area contributed by atoms with E-state index >= 15 is 0 Å². The van der Waals surface area contributed by atoms with Gasteiger partial charge in [0.2, 0.25) is 0 Å². The van der Waals surface area contributed by atoms with E-state index in [-0.39, 0.29) is 0 Å². The highest BCUT2D eigenvalue weighted by atomic mass is 16.5. The Balaban J connectivity index is 2.06. The molecule has 2 aromatic rings. The summed E-state index contributed by atoms with van der Waals surface area (Å²) in [6.45, 7) is 2.62. The van der Waals surface area contributed by atoms with E-state index in [0.717, 1.165) is 30.1 Å². The number of benzene rings is 2. The number of hydrogen-bond acceptors (Lipinski definition) is 3. The molecule has 0 radical (unpaired) electrons. The lowest BCUT2D eigenvalue weighted by Crippen LogP contribution is -1.94. The molecule has 0 aliphatic rings. The Morgan fingerprint density at radius 2 is 1.75 bits per heavy atom. The van der Waals surface area contributed by atoms with Gasteiger partial charge in [-0.15, -0.1) is 0 Å². The average Bonchev–Trinajstić information content (AvgIpc) is 2.47. The van der Waals surface area contributed by atoms with Gasteiger partial charge in [-0.05, 0) is 54.8 Å². The molecule has 0 amide bonds. The first-order valence-corrected chi connectivity index (χ1v) is 6.49. The molecule has 0 spiro atoms. The second-order valence-electron chi connectivity index (χ2n) is 4.58. The first kappa shape index (κ1) is 14.1. The van der Waals surface area contributed by atoms with Gasteiger partial charge in [-0.1, -0.05) is 12.1 Å². The average molecular weight is 267 g/mol. The molecule has 20 heavy (non-hydrogen) atoms. The van der Waals surface area contributed by atoms with Crippen molar-refractivity contribution in [1.82, 2.24) is 0 Å². The highest BCUT2D eigenvalue weighted by molar-refractivity contribution is 5.43. The largest absolute Gasteiger partial charge is 0.457 e. The third-order valence-electron chi connectivity index (χ3n) is 3.07. The normalized spacial score (nSPS) is 10.1. The molecule has 0 saturated carbocycles. The van der Waals surface area contributed by atoms with E-state index in [1.807, 2.05) is 43.3 Å².